The normalized spacial score (nSPS) is 15.1. The van der Waals surface area contributed by atoms with Crippen molar-refractivity contribution in [1.82, 2.24) is 5.32 Å². The van der Waals surface area contributed by atoms with E-state index in [2.05, 4.69) is 24.4 Å². The molecule has 0 saturated heterocycles. The van der Waals surface area contributed by atoms with Gasteiger partial charge in [0.05, 0.1) is 13.2 Å². The third-order valence-corrected chi connectivity index (χ3v) is 3.48. The van der Waals surface area contributed by atoms with Gasteiger partial charge in [-0.1, -0.05) is 39.8 Å². The molecule has 0 saturated carbocycles. The van der Waals surface area contributed by atoms with Crippen molar-refractivity contribution in [2.75, 3.05) is 13.7 Å². The minimum absolute atomic E-state index is 0.0921. The average molecular weight is 265 g/mol. The highest BCUT2D eigenvalue weighted by Gasteiger charge is 2.22. The average Bonchev–Trinajstić information content (AvgIpc) is 2.38. The smallest absolute Gasteiger partial charge is 0.118 e. The molecule has 2 atom stereocenters. The Kier molecular flexibility index (Phi) is 5.83. The maximum absolute atomic E-state index is 10.1. The van der Waals surface area contributed by atoms with Crippen LogP contribution in [0.25, 0.3) is 0 Å². The zero-order chi connectivity index (χ0) is 14.5. The quantitative estimate of drug-likeness (QED) is 0.830. The number of rotatable bonds is 6. The molecule has 19 heavy (non-hydrogen) atoms. The molecule has 0 aromatic heterocycles. The van der Waals surface area contributed by atoms with E-state index in [1.807, 2.05) is 32.9 Å². The fraction of sp³-hybridized carbons (Fsp3) is 0.625. The molecule has 1 aromatic rings. The summed E-state index contributed by atoms with van der Waals surface area (Å²) in [6.45, 7) is 8.90. The van der Waals surface area contributed by atoms with Gasteiger partial charge >= 0.3 is 0 Å². The number of aliphatic hydroxyl groups is 1. The molecule has 0 bridgehead atoms. The molecule has 1 aromatic carbocycles. The molecule has 0 amide bonds. The fourth-order valence-corrected chi connectivity index (χ4v) is 1.89. The van der Waals surface area contributed by atoms with Gasteiger partial charge in [0.2, 0.25) is 0 Å². The zero-order valence-corrected chi connectivity index (χ0v) is 12.7. The van der Waals surface area contributed by atoms with Gasteiger partial charge < -0.3 is 15.2 Å². The monoisotopic (exact) mass is 265 g/mol. The summed E-state index contributed by atoms with van der Waals surface area (Å²) in [4.78, 5) is 0. The highest BCUT2D eigenvalue weighted by atomic mass is 16.5. The highest BCUT2D eigenvalue weighted by Crippen LogP contribution is 2.22. The van der Waals surface area contributed by atoms with E-state index in [0.29, 0.717) is 6.54 Å². The summed E-state index contributed by atoms with van der Waals surface area (Å²) in [6.07, 6.45) is 0.642. The van der Waals surface area contributed by atoms with Gasteiger partial charge in [0.25, 0.3) is 0 Å². The van der Waals surface area contributed by atoms with Gasteiger partial charge in [0.1, 0.15) is 5.75 Å². The van der Waals surface area contributed by atoms with Crippen molar-refractivity contribution in [2.45, 2.75) is 46.3 Å². The van der Waals surface area contributed by atoms with Crippen molar-refractivity contribution >= 4 is 0 Å². The summed E-state index contributed by atoms with van der Waals surface area (Å²) in [7, 11) is 1.67. The lowest BCUT2D eigenvalue weighted by atomic mass is 9.89. The van der Waals surface area contributed by atoms with Gasteiger partial charge in [-0.2, -0.15) is 0 Å². The SMILES string of the molecule is CCC(NCC(O)C(C)(C)C)c1ccc(OC)cc1. The molecular weight excluding hydrogens is 238 g/mol. The second kappa shape index (κ2) is 6.92. The van der Waals surface area contributed by atoms with Crippen LogP contribution in [0.1, 0.15) is 45.7 Å². The molecule has 3 heteroatoms. The standard InChI is InChI=1S/C16H27NO2/c1-6-14(17-11-15(18)16(2,3)4)12-7-9-13(19-5)10-8-12/h7-10,14-15,17-18H,6,11H2,1-5H3. The van der Waals surface area contributed by atoms with Crippen molar-refractivity contribution in [1.29, 1.82) is 0 Å². The summed E-state index contributed by atoms with van der Waals surface area (Å²) >= 11 is 0. The highest BCUT2D eigenvalue weighted by molar-refractivity contribution is 5.29. The maximum Gasteiger partial charge on any atom is 0.118 e. The topological polar surface area (TPSA) is 41.5 Å². The number of hydrogen-bond donors (Lipinski definition) is 2. The maximum atomic E-state index is 10.1. The second-order valence-corrected chi connectivity index (χ2v) is 6.02. The van der Waals surface area contributed by atoms with Crippen LogP contribution in [0.2, 0.25) is 0 Å². The van der Waals surface area contributed by atoms with Crippen LogP contribution in [0.3, 0.4) is 0 Å². The van der Waals surface area contributed by atoms with Gasteiger partial charge in [-0.05, 0) is 29.5 Å². The summed E-state index contributed by atoms with van der Waals surface area (Å²) in [6, 6.07) is 8.36. The zero-order valence-electron chi connectivity index (χ0n) is 12.7. The molecule has 0 radical (unpaired) electrons. The summed E-state index contributed by atoms with van der Waals surface area (Å²) < 4.78 is 5.17. The molecule has 1 rings (SSSR count). The molecule has 2 N–H and O–H groups in total. The van der Waals surface area contributed by atoms with Crippen molar-refractivity contribution in [2.24, 2.45) is 5.41 Å². The van der Waals surface area contributed by atoms with Crippen molar-refractivity contribution in [3.8, 4) is 5.75 Å². The largest absolute Gasteiger partial charge is 0.497 e. The van der Waals surface area contributed by atoms with E-state index in [0.717, 1.165) is 12.2 Å². The number of hydrogen-bond acceptors (Lipinski definition) is 3. The number of aliphatic hydroxyl groups excluding tert-OH is 1. The molecule has 0 heterocycles. The first-order valence-corrected chi connectivity index (χ1v) is 6.94. The molecule has 108 valence electrons. The first-order valence-electron chi connectivity index (χ1n) is 6.94. The minimum atomic E-state index is -0.347. The first kappa shape index (κ1) is 16.0. The van der Waals surface area contributed by atoms with Gasteiger partial charge in [0.15, 0.2) is 0 Å². The van der Waals surface area contributed by atoms with Crippen LogP contribution in [0.15, 0.2) is 24.3 Å². The third kappa shape index (κ3) is 4.84. The number of nitrogens with one attached hydrogen (secondary N) is 1. The van der Waals surface area contributed by atoms with E-state index < -0.39 is 0 Å². The van der Waals surface area contributed by atoms with Crippen molar-refractivity contribution < 1.29 is 9.84 Å². The number of benzene rings is 1. The summed E-state index contributed by atoms with van der Waals surface area (Å²) in [5.41, 5.74) is 1.13. The Bertz CT molecular complexity index is 367. The lowest BCUT2D eigenvalue weighted by Crippen LogP contribution is -2.38. The Balaban J connectivity index is 2.62. The van der Waals surface area contributed by atoms with Crippen LogP contribution in [-0.4, -0.2) is 24.9 Å². The number of ether oxygens (including phenoxy) is 1. The molecule has 0 aliphatic heterocycles. The fourth-order valence-electron chi connectivity index (χ4n) is 1.89. The van der Waals surface area contributed by atoms with Crippen LogP contribution in [0.4, 0.5) is 0 Å². The molecule has 3 nitrogen and oxygen atoms in total. The Morgan fingerprint density at radius 1 is 1.21 bits per heavy atom. The van der Waals surface area contributed by atoms with Crippen LogP contribution in [0.5, 0.6) is 5.75 Å². The van der Waals surface area contributed by atoms with Gasteiger partial charge in [-0.15, -0.1) is 0 Å². The molecule has 0 aliphatic rings. The van der Waals surface area contributed by atoms with Crippen molar-refractivity contribution in [3.05, 3.63) is 29.8 Å². The lowest BCUT2D eigenvalue weighted by molar-refractivity contribution is 0.0602. The van der Waals surface area contributed by atoms with E-state index in [4.69, 9.17) is 4.74 Å². The Morgan fingerprint density at radius 2 is 1.79 bits per heavy atom. The Hall–Kier alpha value is -1.06. The molecule has 0 aliphatic carbocycles. The predicted molar refractivity (Wildman–Crippen MR) is 79.5 cm³/mol. The van der Waals surface area contributed by atoms with Gasteiger partial charge in [-0.25, -0.2) is 0 Å². The van der Waals surface area contributed by atoms with E-state index in [1.165, 1.54) is 5.56 Å². The summed E-state index contributed by atoms with van der Waals surface area (Å²) in [5.74, 6) is 0.869. The first-order chi connectivity index (χ1) is 8.88. The van der Waals surface area contributed by atoms with Crippen LogP contribution in [-0.2, 0) is 0 Å². The minimum Gasteiger partial charge on any atom is -0.497 e. The molecule has 2 unspecified atom stereocenters. The molecule has 0 spiro atoms. The van der Waals surface area contributed by atoms with Gasteiger partial charge in [0, 0.05) is 12.6 Å². The molecule has 0 fully saturated rings. The Morgan fingerprint density at radius 3 is 2.21 bits per heavy atom. The van der Waals surface area contributed by atoms with Crippen molar-refractivity contribution in [3.63, 3.8) is 0 Å². The van der Waals surface area contributed by atoms with Crippen LogP contribution in [0, 0.1) is 5.41 Å². The van der Waals surface area contributed by atoms with Crippen LogP contribution >= 0.6 is 0 Å². The van der Waals surface area contributed by atoms with Gasteiger partial charge in [-0.3, -0.25) is 0 Å². The summed E-state index contributed by atoms with van der Waals surface area (Å²) in [5, 5.41) is 13.5. The number of methoxy groups -OCH3 is 1. The Labute approximate surface area is 117 Å². The van der Waals surface area contributed by atoms with Crippen LogP contribution < -0.4 is 10.1 Å². The van der Waals surface area contributed by atoms with E-state index in [9.17, 15) is 5.11 Å². The lowest BCUT2D eigenvalue weighted by Gasteiger charge is -2.28. The third-order valence-electron chi connectivity index (χ3n) is 3.48. The predicted octanol–water partition coefficient (Wildman–Crippen LogP) is 3.14. The van der Waals surface area contributed by atoms with E-state index in [1.54, 1.807) is 7.11 Å². The van der Waals surface area contributed by atoms with E-state index in [-0.39, 0.29) is 17.6 Å². The van der Waals surface area contributed by atoms with E-state index >= 15 is 0 Å². The molecular formula is C16H27NO2. The second-order valence-electron chi connectivity index (χ2n) is 6.02.